The number of hydrogen-bond acceptors (Lipinski definition) is 3. The van der Waals surface area contributed by atoms with Gasteiger partial charge in [-0.3, -0.25) is 4.79 Å². The van der Waals surface area contributed by atoms with Gasteiger partial charge in [0.1, 0.15) is 0 Å². The van der Waals surface area contributed by atoms with E-state index in [2.05, 4.69) is 21.2 Å². The Morgan fingerprint density at radius 1 is 1.35 bits per heavy atom. The van der Waals surface area contributed by atoms with E-state index in [1.54, 1.807) is 23.9 Å². The molecular formula is C12H10BrNO2S. The standard InChI is InChI=1S/C12H10BrNO2S/c1-17-9-4-2-3-8(7-9)14-12(15)10-5-6-11(13)16-10/h2-7H,1H3,(H,14,15). The number of benzene rings is 1. The zero-order chi connectivity index (χ0) is 12.3. The lowest BCUT2D eigenvalue weighted by Crippen LogP contribution is -2.10. The topological polar surface area (TPSA) is 42.2 Å². The minimum absolute atomic E-state index is 0.256. The number of anilines is 1. The molecule has 1 N–H and O–H groups in total. The SMILES string of the molecule is CSc1cccc(NC(=O)c2ccc(Br)o2)c1. The molecule has 0 aliphatic heterocycles. The molecule has 1 heterocycles. The largest absolute Gasteiger partial charge is 0.444 e. The van der Waals surface area contributed by atoms with Crippen LogP contribution >= 0.6 is 27.7 Å². The first-order chi connectivity index (χ1) is 8.19. The van der Waals surface area contributed by atoms with Crippen LogP contribution in [0.15, 0.2) is 50.4 Å². The highest BCUT2D eigenvalue weighted by Crippen LogP contribution is 2.20. The Morgan fingerprint density at radius 3 is 2.82 bits per heavy atom. The van der Waals surface area contributed by atoms with Crippen molar-refractivity contribution in [3.63, 3.8) is 0 Å². The summed E-state index contributed by atoms with van der Waals surface area (Å²) in [6.07, 6.45) is 1.99. The molecule has 0 aliphatic carbocycles. The molecule has 3 nitrogen and oxygen atoms in total. The van der Waals surface area contributed by atoms with Crippen LogP contribution in [0.5, 0.6) is 0 Å². The second-order valence-corrected chi connectivity index (χ2v) is 4.95. The van der Waals surface area contributed by atoms with E-state index in [1.807, 2.05) is 30.5 Å². The molecule has 0 aliphatic rings. The van der Waals surface area contributed by atoms with Gasteiger partial charge < -0.3 is 9.73 Å². The van der Waals surface area contributed by atoms with E-state index in [9.17, 15) is 4.79 Å². The van der Waals surface area contributed by atoms with Crippen LogP contribution < -0.4 is 5.32 Å². The van der Waals surface area contributed by atoms with Crippen molar-refractivity contribution in [2.24, 2.45) is 0 Å². The number of amides is 1. The van der Waals surface area contributed by atoms with Gasteiger partial charge in [0.25, 0.3) is 5.91 Å². The van der Waals surface area contributed by atoms with E-state index < -0.39 is 0 Å². The van der Waals surface area contributed by atoms with Crippen LogP contribution in [0, 0.1) is 0 Å². The molecule has 0 saturated carbocycles. The fraction of sp³-hybridized carbons (Fsp3) is 0.0833. The van der Waals surface area contributed by atoms with Crippen LogP contribution in [-0.2, 0) is 0 Å². The van der Waals surface area contributed by atoms with E-state index in [0.29, 0.717) is 4.67 Å². The van der Waals surface area contributed by atoms with Gasteiger partial charge in [-0.05, 0) is 52.5 Å². The minimum Gasteiger partial charge on any atom is -0.444 e. The van der Waals surface area contributed by atoms with Crippen LogP contribution in [0.25, 0.3) is 0 Å². The molecule has 1 aromatic heterocycles. The van der Waals surface area contributed by atoms with Crippen LogP contribution in [0.2, 0.25) is 0 Å². The Balaban J connectivity index is 2.12. The molecule has 5 heteroatoms. The number of rotatable bonds is 3. The number of carbonyl (C=O) groups excluding carboxylic acids is 1. The fourth-order valence-corrected chi connectivity index (χ4v) is 2.10. The summed E-state index contributed by atoms with van der Waals surface area (Å²) in [7, 11) is 0. The van der Waals surface area contributed by atoms with Crippen molar-refractivity contribution in [1.29, 1.82) is 0 Å². The van der Waals surface area contributed by atoms with Gasteiger partial charge in [-0.2, -0.15) is 0 Å². The van der Waals surface area contributed by atoms with Crippen molar-refractivity contribution >= 4 is 39.3 Å². The molecule has 0 bridgehead atoms. The summed E-state index contributed by atoms with van der Waals surface area (Å²) in [6.45, 7) is 0. The highest BCUT2D eigenvalue weighted by molar-refractivity contribution is 9.10. The third-order valence-electron chi connectivity index (χ3n) is 2.12. The quantitative estimate of drug-likeness (QED) is 0.871. The Morgan fingerprint density at radius 2 is 2.18 bits per heavy atom. The van der Waals surface area contributed by atoms with Gasteiger partial charge in [-0.1, -0.05) is 6.07 Å². The lowest BCUT2D eigenvalue weighted by Gasteiger charge is -2.04. The monoisotopic (exact) mass is 311 g/mol. The van der Waals surface area contributed by atoms with Crippen LogP contribution in [0.3, 0.4) is 0 Å². The highest BCUT2D eigenvalue weighted by atomic mass is 79.9. The van der Waals surface area contributed by atoms with Crippen LogP contribution in [-0.4, -0.2) is 12.2 Å². The average molecular weight is 312 g/mol. The number of furan rings is 1. The summed E-state index contributed by atoms with van der Waals surface area (Å²) < 4.78 is 5.72. The third kappa shape index (κ3) is 3.14. The number of nitrogens with one attached hydrogen (secondary N) is 1. The van der Waals surface area contributed by atoms with Gasteiger partial charge in [0.05, 0.1) is 0 Å². The summed E-state index contributed by atoms with van der Waals surface area (Å²) in [5.41, 5.74) is 0.759. The minimum atomic E-state index is -0.256. The molecule has 88 valence electrons. The molecule has 17 heavy (non-hydrogen) atoms. The molecule has 0 unspecified atom stereocenters. The van der Waals surface area contributed by atoms with E-state index in [-0.39, 0.29) is 11.7 Å². The van der Waals surface area contributed by atoms with Gasteiger partial charge in [-0.15, -0.1) is 11.8 Å². The second-order valence-electron chi connectivity index (χ2n) is 3.29. The maximum atomic E-state index is 11.8. The van der Waals surface area contributed by atoms with Crippen LogP contribution in [0.1, 0.15) is 10.6 Å². The summed E-state index contributed by atoms with van der Waals surface area (Å²) in [4.78, 5) is 12.9. The van der Waals surface area contributed by atoms with Crippen molar-refractivity contribution in [2.45, 2.75) is 4.90 Å². The molecule has 0 atom stereocenters. The number of thioether (sulfide) groups is 1. The molecule has 1 amide bonds. The number of halogens is 1. The summed E-state index contributed by atoms with van der Waals surface area (Å²) in [5, 5.41) is 2.78. The van der Waals surface area contributed by atoms with Crippen molar-refractivity contribution in [1.82, 2.24) is 0 Å². The van der Waals surface area contributed by atoms with E-state index in [1.165, 1.54) is 0 Å². The van der Waals surface area contributed by atoms with Crippen molar-refractivity contribution in [3.8, 4) is 0 Å². The van der Waals surface area contributed by atoms with E-state index in [4.69, 9.17) is 4.42 Å². The van der Waals surface area contributed by atoms with Crippen molar-refractivity contribution in [2.75, 3.05) is 11.6 Å². The highest BCUT2D eigenvalue weighted by Gasteiger charge is 2.10. The van der Waals surface area contributed by atoms with Gasteiger partial charge in [-0.25, -0.2) is 0 Å². The Kier molecular flexibility index (Phi) is 3.91. The average Bonchev–Trinajstić information content (AvgIpc) is 2.76. The summed E-state index contributed by atoms with van der Waals surface area (Å²) >= 11 is 4.79. The molecule has 0 radical (unpaired) electrons. The first-order valence-electron chi connectivity index (χ1n) is 4.90. The number of hydrogen-bond donors (Lipinski definition) is 1. The van der Waals surface area contributed by atoms with Gasteiger partial charge in [0.2, 0.25) is 0 Å². The maximum absolute atomic E-state index is 11.8. The molecule has 0 saturated heterocycles. The first-order valence-corrected chi connectivity index (χ1v) is 6.91. The summed E-state index contributed by atoms with van der Waals surface area (Å²) in [5.74, 6) is 0.0281. The predicted octanol–water partition coefficient (Wildman–Crippen LogP) is 4.02. The zero-order valence-electron chi connectivity index (χ0n) is 9.07. The predicted molar refractivity (Wildman–Crippen MR) is 72.6 cm³/mol. The Hall–Kier alpha value is -1.20. The number of carbonyl (C=O) groups is 1. The van der Waals surface area contributed by atoms with Gasteiger partial charge in [0, 0.05) is 10.6 Å². The third-order valence-corrected chi connectivity index (χ3v) is 3.28. The molecular weight excluding hydrogens is 302 g/mol. The molecule has 1 aromatic carbocycles. The molecule has 2 aromatic rings. The summed E-state index contributed by atoms with van der Waals surface area (Å²) in [6, 6.07) is 11.0. The van der Waals surface area contributed by atoms with Crippen molar-refractivity contribution in [3.05, 3.63) is 46.8 Å². The molecule has 0 spiro atoms. The lowest BCUT2D eigenvalue weighted by molar-refractivity contribution is 0.0995. The van der Waals surface area contributed by atoms with E-state index in [0.717, 1.165) is 10.6 Å². The second kappa shape index (κ2) is 5.42. The molecule has 2 rings (SSSR count). The fourth-order valence-electron chi connectivity index (χ4n) is 1.33. The van der Waals surface area contributed by atoms with Crippen LogP contribution in [0.4, 0.5) is 5.69 Å². The normalized spacial score (nSPS) is 10.2. The first kappa shape index (κ1) is 12.3. The Labute approximate surface area is 112 Å². The van der Waals surface area contributed by atoms with E-state index >= 15 is 0 Å². The Bertz CT molecular complexity index is 539. The van der Waals surface area contributed by atoms with Gasteiger partial charge in [0.15, 0.2) is 10.4 Å². The maximum Gasteiger partial charge on any atom is 0.291 e. The smallest absolute Gasteiger partial charge is 0.291 e. The van der Waals surface area contributed by atoms with Crippen molar-refractivity contribution < 1.29 is 9.21 Å². The lowest BCUT2D eigenvalue weighted by atomic mass is 10.3. The molecule has 0 fully saturated rings. The zero-order valence-corrected chi connectivity index (χ0v) is 11.5. The van der Waals surface area contributed by atoms with Gasteiger partial charge >= 0.3 is 0 Å².